The van der Waals surface area contributed by atoms with E-state index in [1.54, 1.807) is 0 Å². The van der Waals surface area contributed by atoms with E-state index in [1.165, 1.54) is 4.57 Å². The average molecular weight is 220 g/mol. The zero-order valence-electron chi connectivity index (χ0n) is 7.96. The maximum atomic E-state index is 12.6. The molecule has 0 saturated carbocycles. The molecule has 0 radical (unpaired) electrons. The van der Waals surface area contributed by atoms with Crippen LogP contribution in [-0.4, -0.2) is 20.9 Å². The summed E-state index contributed by atoms with van der Waals surface area (Å²) in [4.78, 5) is 0. The number of nitrogens with zero attached hydrogens (tertiary/aromatic N) is 3. The molecule has 1 aliphatic heterocycles. The van der Waals surface area contributed by atoms with Crippen LogP contribution in [0.15, 0.2) is 0 Å². The largest absolute Gasteiger partial charge is 0.398 e. The molecular formula is C8H11F3N4. The minimum atomic E-state index is -4.24. The summed E-state index contributed by atoms with van der Waals surface area (Å²) in [6, 6.07) is 0. The first-order valence-corrected chi connectivity index (χ1v) is 4.73. The summed E-state index contributed by atoms with van der Waals surface area (Å²) in [5, 5.41) is 7.26. The number of nitrogens with two attached hydrogens (primary N) is 1. The fourth-order valence-corrected chi connectivity index (χ4v) is 1.89. The van der Waals surface area contributed by atoms with Crippen molar-refractivity contribution in [2.75, 3.05) is 0 Å². The van der Waals surface area contributed by atoms with Crippen molar-refractivity contribution < 1.29 is 13.2 Å². The highest BCUT2D eigenvalue weighted by atomic mass is 19.4. The van der Waals surface area contributed by atoms with Gasteiger partial charge in [0, 0.05) is 6.54 Å². The van der Waals surface area contributed by atoms with Crippen molar-refractivity contribution in [1.29, 1.82) is 0 Å². The first kappa shape index (κ1) is 10.4. The Balaban J connectivity index is 2.39. The molecule has 0 fully saturated rings. The summed E-state index contributed by atoms with van der Waals surface area (Å²) in [6.07, 6.45) is -3.66. The molecular weight excluding hydrogens is 209 g/mol. The lowest BCUT2D eigenvalue weighted by Crippen LogP contribution is -2.29. The lowest BCUT2D eigenvalue weighted by Gasteiger charge is -2.25. The monoisotopic (exact) mass is 220 g/mol. The number of halogens is 3. The molecule has 0 spiro atoms. The van der Waals surface area contributed by atoms with Crippen LogP contribution in [0.1, 0.15) is 30.4 Å². The van der Waals surface area contributed by atoms with Crippen molar-refractivity contribution in [1.82, 2.24) is 14.8 Å². The molecule has 0 aromatic carbocycles. The molecule has 1 aliphatic rings. The number of alkyl halides is 3. The predicted molar refractivity (Wildman–Crippen MR) is 45.9 cm³/mol. The summed E-state index contributed by atoms with van der Waals surface area (Å²) in [7, 11) is 0. The van der Waals surface area contributed by atoms with Gasteiger partial charge >= 0.3 is 6.18 Å². The maximum absolute atomic E-state index is 12.6. The molecule has 15 heavy (non-hydrogen) atoms. The van der Waals surface area contributed by atoms with E-state index >= 15 is 0 Å². The minimum Gasteiger partial charge on any atom is -0.324 e. The molecule has 0 aliphatic carbocycles. The zero-order valence-corrected chi connectivity index (χ0v) is 7.96. The molecule has 0 unspecified atom stereocenters. The van der Waals surface area contributed by atoms with Crippen molar-refractivity contribution in [2.45, 2.75) is 38.0 Å². The third-order valence-corrected chi connectivity index (χ3v) is 2.62. The molecule has 1 aromatic heterocycles. The van der Waals surface area contributed by atoms with Crippen LogP contribution in [0.4, 0.5) is 13.2 Å². The van der Waals surface area contributed by atoms with Crippen LogP contribution in [0, 0.1) is 0 Å². The number of aromatic nitrogens is 3. The van der Waals surface area contributed by atoms with Gasteiger partial charge in [-0.2, -0.15) is 13.2 Å². The molecule has 1 aromatic rings. The summed E-state index contributed by atoms with van der Waals surface area (Å²) in [5.74, 6) is -1.05. The van der Waals surface area contributed by atoms with Crippen LogP contribution in [0.5, 0.6) is 0 Å². The molecule has 7 heteroatoms. The van der Waals surface area contributed by atoms with Crippen LogP contribution in [-0.2, 0) is 13.1 Å². The quantitative estimate of drug-likeness (QED) is 0.773. The van der Waals surface area contributed by atoms with Gasteiger partial charge in [0.15, 0.2) is 0 Å². The Bertz CT molecular complexity index is 357. The summed E-state index contributed by atoms with van der Waals surface area (Å²) >= 11 is 0. The van der Waals surface area contributed by atoms with Crippen LogP contribution in [0.2, 0.25) is 0 Å². The van der Waals surface area contributed by atoms with Gasteiger partial charge in [-0.25, -0.2) is 0 Å². The highest BCUT2D eigenvalue weighted by Crippen LogP contribution is 2.39. The van der Waals surface area contributed by atoms with Crippen LogP contribution in [0.3, 0.4) is 0 Å². The molecule has 1 atom stereocenters. The lowest BCUT2D eigenvalue weighted by atomic mass is 9.98. The molecule has 2 N–H and O–H groups in total. The Kier molecular flexibility index (Phi) is 2.41. The number of hydrogen-bond donors (Lipinski definition) is 1. The van der Waals surface area contributed by atoms with Gasteiger partial charge in [-0.15, -0.1) is 10.2 Å². The van der Waals surface area contributed by atoms with Crippen LogP contribution >= 0.6 is 0 Å². The number of fused-ring (bicyclic) bond motifs is 1. The van der Waals surface area contributed by atoms with Gasteiger partial charge in [0.2, 0.25) is 0 Å². The van der Waals surface area contributed by atoms with Gasteiger partial charge in [0.25, 0.3) is 0 Å². The smallest absolute Gasteiger partial charge is 0.324 e. The highest BCUT2D eigenvalue weighted by molar-refractivity contribution is 5.07. The van der Waals surface area contributed by atoms with Crippen molar-refractivity contribution >= 4 is 0 Å². The normalized spacial score (nSPS) is 21.5. The Morgan fingerprint density at radius 3 is 2.73 bits per heavy atom. The molecule has 2 rings (SSSR count). The summed E-state index contributed by atoms with van der Waals surface area (Å²) in [6.45, 7) is 0.652. The standard InChI is InChI=1S/C8H11F3N4/c9-8(10,11)5-2-1-3-15-6(4-12)13-14-7(5)15/h5H,1-4,12H2/t5-/m0/s1. The highest BCUT2D eigenvalue weighted by Gasteiger charge is 2.45. The van der Waals surface area contributed by atoms with Gasteiger partial charge in [-0.1, -0.05) is 0 Å². The average Bonchev–Trinajstić information content (AvgIpc) is 2.58. The summed E-state index contributed by atoms with van der Waals surface area (Å²) in [5.41, 5.74) is 5.37. The van der Waals surface area contributed by atoms with Gasteiger partial charge < -0.3 is 10.3 Å². The van der Waals surface area contributed by atoms with E-state index in [0.717, 1.165) is 0 Å². The fourth-order valence-electron chi connectivity index (χ4n) is 1.89. The first-order valence-electron chi connectivity index (χ1n) is 4.73. The molecule has 0 bridgehead atoms. The molecule has 2 heterocycles. The van der Waals surface area contributed by atoms with E-state index in [4.69, 9.17) is 5.73 Å². The molecule has 0 amide bonds. The third kappa shape index (κ3) is 1.71. The van der Waals surface area contributed by atoms with Gasteiger partial charge in [0.05, 0.1) is 6.54 Å². The topological polar surface area (TPSA) is 56.7 Å². The number of hydrogen-bond acceptors (Lipinski definition) is 3. The SMILES string of the molecule is NCc1nnc2n1CCC[C@@H]2C(F)(F)F. The Morgan fingerprint density at radius 2 is 2.13 bits per heavy atom. The van der Waals surface area contributed by atoms with Crippen LogP contribution < -0.4 is 5.73 Å². The molecule has 0 saturated heterocycles. The Morgan fingerprint density at radius 1 is 1.40 bits per heavy atom. The van der Waals surface area contributed by atoms with E-state index in [0.29, 0.717) is 18.8 Å². The van der Waals surface area contributed by atoms with E-state index < -0.39 is 12.1 Å². The van der Waals surface area contributed by atoms with Crippen molar-refractivity contribution in [3.8, 4) is 0 Å². The van der Waals surface area contributed by atoms with E-state index in [-0.39, 0.29) is 18.8 Å². The van der Waals surface area contributed by atoms with E-state index in [1.807, 2.05) is 0 Å². The second-order valence-corrected chi connectivity index (χ2v) is 3.57. The summed E-state index contributed by atoms with van der Waals surface area (Å²) < 4.78 is 39.4. The Labute approximate surface area is 84.3 Å². The maximum Gasteiger partial charge on any atom is 0.398 e. The second kappa shape index (κ2) is 3.48. The van der Waals surface area contributed by atoms with E-state index in [2.05, 4.69) is 10.2 Å². The Hall–Kier alpha value is -1.11. The number of rotatable bonds is 1. The van der Waals surface area contributed by atoms with E-state index in [9.17, 15) is 13.2 Å². The van der Waals surface area contributed by atoms with Crippen molar-refractivity contribution in [3.05, 3.63) is 11.6 Å². The van der Waals surface area contributed by atoms with Crippen molar-refractivity contribution in [2.24, 2.45) is 5.73 Å². The molecule has 84 valence electrons. The minimum absolute atomic E-state index is 0.00852. The lowest BCUT2D eigenvalue weighted by molar-refractivity contribution is -0.156. The van der Waals surface area contributed by atoms with Gasteiger partial charge in [0.1, 0.15) is 17.6 Å². The van der Waals surface area contributed by atoms with Gasteiger partial charge in [-0.05, 0) is 12.8 Å². The van der Waals surface area contributed by atoms with Gasteiger partial charge in [-0.3, -0.25) is 0 Å². The first-order chi connectivity index (χ1) is 7.04. The third-order valence-electron chi connectivity index (χ3n) is 2.62. The van der Waals surface area contributed by atoms with Crippen LogP contribution in [0.25, 0.3) is 0 Å². The molecule has 4 nitrogen and oxygen atoms in total. The van der Waals surface area contributed by atoms with Crippen molar-refractivity contribution in [3.63, 3.8) is 0 Å². The second-order valence-electron chi connectivity index (χ2n) is 3.57. The fraction of sp³-hybridized carbons (Fsp3) is 0.750. The zero-order chi connectivity index (χ0) is 11.1. The predicted octanol–water partition coefficient (Wildman–Crippen LogP) is 1.18.